The second-order valence-electron chi connectivity index (χ2n) is 8.42. The van der Waals surface area contributed by atoms with Gasteiger partial charge in [0.25, 0.3) is 11.5 Å². The molecule has 32 heavy (non-hydrogen) atoms. The van der Waals surface area contributed by atoms with Gasteiger partial charge in [-0.1, -0.05) is 51.5 Å². The summed E-state index contributed by atoms with van der Waals surface area (Å²) in [5.41, 5.74) is 2.57. The van der Waals surface area contributed by atoms with E-state index in [1.54, 1.807) is 4.57 Å². The van der Waals surface area contributed by atoms with Gasteiger partial charge in [-0.25, -0.2) is 4.98 Å². The molecule has 0 saturated heterocycles. The predicted molar refractivity (Wildman–Crippen MR) is 131 cm³/mol. The minimum absolute atomic E-state index is 0.0214. The smallest absolute Gasteiger partial charge is 0.261 e. The maximum atomic E-state index is 13.5. The largest absolute Gasteiger partial charge is 0.329 e. The van der Waals surface area contributed by atoms with Gasteiger partial charge in [-0.2, -0.15) is 0 Å². The highest BCUT2D eigenvalue weighted by Gasteiger charge is 2.26. The number of nitrogens with zero attached hydrogens (tertiary/aromatic N) is 3. The lowest BCUT2D eigenvalue weighted by Crippen LogP contribution is -2.38. The summed E-state index contributed by atoms with van der Waals surface area (Å²) in [6.45, 7) is 9.45. The molecular formula is C27H35N3O2. The fraction of sp³-hybridized carbons (Fsp3) is 0.444. The maximum absolute atomic E-state index is 13.5. The summed E-state index contributed by atoms with van der Waals surface area (Å²) in [7, 11) is 0. The van der Waals surface area contributed by atoms with E-state index in [1.807, 2.05) is 55.1 Å². The SMILES string of the molecule is CCCCc1ccc(C(=O)N(CCC)C(C)c2nc3ccccc3c(=O)n2CCC)cc1. The first-order valence-electron chi connectivity index (χ1n) is 11.9. The van der Waals surface area contributed by atoms with Gasteiger partial charge in [0.15, 0.2) is 0 Å². The Morgan fingerprint density at radius 1 is 1.00 bits per heavy atom. The lowest BCUT2D eigenvalue weighted by molar-refractivity contribution is 0.0679. The van der Waals surface area contributed by atoms with Crippen molar-refractivity contribution in [3.05, 3.63) is 75.8 Å². The van der Waals surface area contributed by atoms with Crippen molar-refractivity contribution in [1.29, 1.82) is 0 Å². The molecule has 1 aromatic heterocycles. The summed E-state index contributed by atoms with van der Waals surface area (Å²) >= 11 is 0. The van der Waals surface area contributed by atoms with E-state index >= 15 is 0 Å². The zero-order valence-electron chi connectivity index (χ0n) is 19.8. The summed E-state index contributed by atoms with van der Waals surface area (Å²) in [4.78, 5) is 33.4. The topological polar surface area (TPSA) is 55.2 Å². The summed E-state index contributed by atoms with van der Waals surface area (Å²) in [5.74, 6) is 0.628. The van der Waals surface area contributed by atoms with E-state index in [9.17, 15) is 9.59 Å². The standard InChI is InChI=1S/C27H35N3O2/c1-5-8-11-21-14-16-22(17-15-21)26(31)29(18-6-2)20(4)25-28-24-13-10-9-12-23(24)27(32)30(25)19-7-3/h9-10,12-17,20H,5-8,11,18-19H2,1-4H3. The summed E-state index contributed by atoms with van der Waals surface area (Å²) < 4.78 is 1.75. The lowest BCUT2D eigenvalue weighted by atomic mass is 10.0. The van der Waals surface area contributed by atoms with Gasteiger partial charge in [0.1, 0.15) is 5.82 Å². The molecule has 0 fully saturated rings. The Kier molecular flexibility index (Phi) is 8.20. The number of hydrogen-bond acceptors (Lipinski definition) is 3. The molecule has 0 radical (unpaired) electrons. The summed E-state index contributed by atoms with van der Waals surface area (Å²) in [5, 5.41) is 0.618. The predicted octanol–water partition coefficient (Wildman–Crippen LogP) is 5.76. The first kappa shape index (κ1) is 23.7. The van der Waals surface area contributed by atoms with E-state index in [1.165, 1.54) is 5.56 Å². The van der Waals surface area contributed by atoms with Crippen LogP contribution in [0.2, 0.25) is 0 Å². The Bertz CT molecular complexity index is 1100. The highest BCUT2D eigenvalue weighted by molar-refractivity contribution is 5.94. The van der Waals surface area contributed by atoms with Gasteiger partial charge < -0.3 is 4.90 Å². The minimum atomic E-state index is -0.314. The number of aryl methyl sites for hydroxylation is 1. The number of rotatable bonds is 10. The normalized spacial score (nSPS) is 12.1. The van der Waals surface area contributed by atoms with Gasteiger partial charge in [-0.05, 0) is 62.4 Å². The molecule has 5 nitrogen and oxygen atoms in total. The number of unbranched alkanes of at least 4 members (excludes halogenated alkanes) is 1. The van der Waals surface area contributed by atoms with Crippen LogP contribution in [0.1, 0.15) is 81.2 Å². The van der Waals surface area contributed by atoms with E-state index in [4.69, 9.17) is 4.98 Å². The minimum Gasteiger partial charge on any atom is -0.329 e. The van der Waals surface area contributed by atoms with Crippen molar-refractivity contribution in [3.8, 4) is 0 Å². The van der Waals surface area contributed by atoms with E-state index in [2.05, 4.69) is 26.0 Å². The van der Waals surface area contributed by atoms with Crippen LogP contribution in [0.5, 0.6) is 0 Å². The quantitative estimate of drug-likeness (QED) is 0.408. The summed E-state index contributed by atoms with van der Waals surface area (Å²) in [6.07, 6.45) is 4.98. The van der Waals surface area contributed by atoms with Crippen molar-refractivity contribution >= 4 is 16.8 Å². The van der Waals surface area contributed by atoms with Crippen molar-refractivity contribution < 1.29 is 4.79 Å². The van der Waals surface area contributed by atoms with Crippen LogP contribution in [-0.4, -0.2) is 26.9 Å². The van der Waals surface area contributed by atoms with E-state index in [0.717, 1.165) is 32.1 Å². The Balaban J connectivity index is 1.99. The van der Waals surface area contributed by atoms with E-state index in [-0.39, 0.29) is 17.5 Å². The molecule has 0 spiro atoms. The van der Waals surface area contributed by atoms with Gasteiger partial charge in [-0.3, -0.25) is 14.2 Å². The number of fused-ring (bicyclic) bond motifs is 1. The molecule has 0 bridgehead atoms. The van der Waals surface area contributed by atoms with Gasteiger partial charge in [0.05, 0.1) is 16.9 Å². The van der Waals surface area contributed by atoms with Crippen molar-refractivity contribution in [1.82, 2.24) is 14.5 Å². The molecule has 0 aliphatic rings. The summed E-state index contributed by atoms with van der Waals surface area (Å²) in [6, 6.07) is 15.1. The first-order valence-corrected chi connectivity index (χ1v) is 11.9. The van der Waals surface area contributed by atoms with Crippen molar-refractivity contribution in [2.75, 3.05) is 6.54 Å². The fourth-order valence-electron chi connectivity index (χ4n) is 4.16. The molecule has 5 heteroatoms. The molecule has 1 heterocycles. The van der Waals surface area contributed by atoms with Gasteiger partial charge >= 0.3 is 0 Å². The third-order valence-corrected chi connectivity index (χ3v) is 5.92. The van der Waals surface area contributed by atoms with Gasteiger partial charge in [-0.15, -0.1) is 0 Å². The number of benzene rings is 2. The monoisotopic (exact) mass is 433 g/mol. The number of hydrogen-bond donors (Lipinski definition) is 0. The van der Waals surface area contributed by atoms with Crippen LogP contribution in [0.15, 0.2) is 53.3 Å². The number of aromatic nitrogens is 2. The zero-order chi connectivity index (χ0) is 23.1. The van der Waals surface area contributed by atoms with Gasteiger partial charge in [0, 0.05) is 18.7 Å². The third-order valence-electron chi connectivity index (χ3n) is 5.92. The number of amides is 1. The Hall–Kier alpha value is -2.95. The second kappa shape index (κ2) is 11.1. The molecule has 3 rings (SSSR count). The van der Waals surface area contributed by atoms with Crippen LogP contribution in [0.25, 0.3) is 10.9 Å². The maximum Gasteiger partial charge on any atom is 0.261 e. The average molecular weight is 434 g/mol. The molecule has 0 N–H and O–H groups in total. The second-order valence-corrected chi connectivity index (χ2v) is 8.42. The molecule has 1 atom stereocenters. The van der Waals surface area contributed by atoms with Crippen LogP contribution in [0.4, 0.5) is 0 Å². The van der Waals surface area contributed by atoms with Gasteiger partial charge in [0.2, 0.25) is 0 Å². The van der Waals surface area contributed by atoms with Crippen molar-refractivity contribution in [2.45, 2.75) is 72.4 Å². The van der Waals surface area contributed by atoms with Crippen LogP contribution in [-0.2, 0) is 13.0 Å². The van der Waals surface area contributed by atoms with Crippen LogP contribution < -0.4 is 5.56 Å². The molecule has 1 amide bonds. The number of para-hydroxylation sites is 1. The average Bonchev–Trinajstić information content (AvgIpc) is 2.82. The molecule has 0 aliphatic heterocycles. The highest BCUT2D eigenvalue weighted by atomic mass is 16.2. The molecule has 0 saturated carbocycles. The molecule has 2 aromatic carbocycles. The zero-order valence-corrected chi connectivity index (χ0v) is 19.8. The fourth-order valence-corrected chi connectivity index (χ4v) is 4.16. The van der Waals surface area contributed by atoms with Crippen molar-refractivity contribution in [3.63, 3.8) is 0 Å². The molecular weight excluding hydrogens is 398 g/mol. The van der Waals surface area contributed by atoms with Crippen molar-refractivity contribution in [2.24, 2.45) is 0 Å². The van der Waals surface area contributed by atoms with Crippen LogP contribution in [0.3, 0.4) is 0 Å². The van der Waals surface area contributed by atoms with Crippen LogP contribution >= 0.6 is 0 Å². The Morgan fingerprint density at radius 2 is 1.72 bits per heavy atom. The Morgan fingerprint density at radius 3 is 2.38 bits per heavy atom. The Labute approximate surface area is 191 Å². The lowest BCUT2D eigenvalue weighted by Gasteiger charge is -2.30. The first-order chi connectivity index (χ1) is 15.5. The third kappa shape index (κ3) is 5.09. The molecule has 0 aliphatic carbocycles. The molecule has 1 unspecified atom stereocenters. The van der Waals surface area contributed by atoms with E-state index in [0.29, 0.717) is 35.4 Å². The van der Waals surface area contributed by atoms with Crippen LogP contribution in [0, 0.1) is 0 Å². The molecule has 3 aromatic rings. The number of carbonyl (C=O) groups is 1. The number of carbonyl (C=O) groups excluding carboxylic acids is 1. The highest BCUT2D eigenvalue weighted by Crippen LogP contribution is 2.23. The molecule has 170 valence electrons. The van der Waals surface area contributed by atoms with E-state index < -0.39 is 0 Å².